The first kappa shape index (κ1) is 47.2. The van der Waals surface area contributed by atoms with E-state index in [4.69, 9.17) is 43.4 Å². The number of azide groups is 1. The average Bonchev–Trinajstić information content (AvgIpc) is 3.19. The van der Waals surface area contributed by atoms with Crippen molar-refractivity contribution in [2.45, 2.75) is 161 Å². The third-order valence-electron chi connectivity index (χ3n) is 10.2. The third-order valence-corrected chi connectivity index (χ3v) is 10.2. The van der Waals surface area contributed by atoms with Crippen LogP contribution in [0.2, 0.25) is 0 Å². The van der Waals surface area contributed by atoms with Crippen LogP contribution in [0.5, 0.6) is 0 Å². The summed E-state index contributed by atoms with van der Waals surface area (Å²) < 4.78 is 45.1. The van der Waals surface area contributed by atoms with Gasteiger partial charge in [0.15, 0.2) is 25.2 Å². The van der Waals surface area contributed by atoms with Gasteiger partial charge in [-0.3, -0.25) is 0 Å². The summed E-state index contributed by atoms with van der Waals surface area (Å²) in [5.41, 5.74) is 8.34. The smallest absolute Gasteiger partial charge is 0.187 e. The Morgan fingerprint density at radius 2 is 0.839 bits per heavy atom. The molecule has 56 heavy (non-hydrogen) atoms. The molecule has 326 valence electrons. The molecule has 0 aromatic rings. The molecule has 4 rings (SSSR count). The van der Waals surface area contributed by atoms with Gasteiger partial charge in [-0.1, -0.05) is 30.8 Å². The van der Waals surface area contributed by atoms with Crippen molar-refractivity contribution in [1.29, 1.82) is 0 Å². The first-order chi connectivity index (χ1) is 26.8. The van der Waals surface area contributed by atoms with Crippen LogP contribution in [0, 0.1) is 0 Å². The number of unbranched alkanes of at least 4 members (excludes halogenated alkanes) is 5. The summed E-state index contributed by atoms with van der Waals surface area (Å²) >= 11 is 0. The zero-order valence-corrected chi connectivity index (χ0v) is 30.5. The number of nitrogens with zero attached hydrogens (tertiary/aromatic N) is 3. The van der Waals surface area contributed by atoms with Crippen LogP contribution in [0.25, 0.3) is 10.4 Å². The number of ether oxygens (including phenoxy) is 8. The third kappa shape index (κ3) is 11.4. The highest BCUT2D eigenvalue weighted by atomic mass is 16.8. The van der Waals surface area contributed by atoms with Crippen molar-refractivity contribution in [2.24, 2.45) is 5.11 Å². The first-order valence-electron chi connectivity index (χ1n) is 18.6. The van der Waals surface area contributed by atoms with Gasteiger partial charge >= 0.3 is 0 Å². The Kier molecular flexibility index (Phi) is 19.1. The van der Waals surface area contributed by atoms with E-state index in [1.807, 2.05) is 0 Å². The highest BCUT2D eigenvalue weighted by molar-refractivity contribution is 4.98. The summed E-state index contributed by atoms with van der Waals surface area (Å²) in [6.45, 7) is -2.82. The van der Waals surface area contributed by atoms with E-state index in [2.05, 4.69) is 10.0 Å². The van der Waals surface area contributed by atoms with E-state index in [0.29, 0.717) is 13.0 Å². The molecule has 0 spiro atoms. The minimum atomic E-state index is -2.05. The summed E-state index contributed by atoms with van der Waals surface area (Å²) in [7, 11) is 0. The largest absolute Gasteiger partial charge is 0.394 e. The second-order valence-electron chi connectivity index (χ2n) is 14.1. The molecule has 20 atom stereocenters. The second kappa shape index (κ2) is 22.7. The maximum atomic E-state index is 11.4. The van der Waals surface area contributed by atoms with Crippen molar-refractivity contribution in [1.82, 2.24) is 0 Å². The van der Waals surface area contributed by atoms with Crippen molar-refractivity contribution in [3.05, 3.63) is 10.4 Å². The lowest BCUT2D eigenvalue weighted by molar-refractivity contribution is -0.396. The van der Waals surface area contributed by atoms with Gasteiger partial charge < -0.3 is 104 Å². The number of hydrogen-bond donors (Lipinski definition) is 13. The lowest BCUT2D eigenvalue weighted by atomic mass is 9.95. The molecule has 24 heteroatoms. The highest BCUT2D eigenvalue weighted by Crippen LogP contribution is 2.35. The van der Waals surface area contributed by atoms with Crippen LogP contribution in [-0.2, 0) is 37.9 Å². The van der Waals surface area contributed by atoms with Gasteiger partial charge in [0, 0.05) is 18.1 Å². The zero-order chi connectivity index (χ0) is 41.1. The summed E-state index contributed by atoms with van der Waals surface area (Å²) in [4.78, 5) is 2.71. The van der Waals surface area contributed by atoms with Crippen LogP contribution in [0.15, 0.2) is 5.11 Å². The van der Waals surface area contributed by atoms with Gasteiger partial charge in [-0.2, -0.15) is 0 Å². The Bertz CT molecular complexity index is 1190. The van der Waals surface area contributed by atoms with E-state index in [1.165, 1.54) is 0 Å². The van der Waals surface area contributed by atoms with Gasteiger partial charge in [0.1, 0.15) is 97.7 Å². The molecular weight excluding hydrogens is 762 g/mol. The SMILES string of the molecule is [N-]=[N+]=NCCCCCCCCO[C@H]1O[C@H](CO)[C@@H](O)[C@H](O[C@H]2O[C@H](CO)[C@@H](O)[C@H](O[C@H]3O[C@H](CO)[C@@H](O)[C@H](O)[C@@H]3O[C@H]3O[C@H](CO)[C@@H](O)[C@H](O)[C@@H]3O)[C@@H]2O)[C@@H]1O. The molecule has 13 N–H and O–H groups in total. The van der Waals surface area contributed by atoms with Gasteiger partial charge in [0.05, 0.1) is 26.4 Å². The summed E-state index contributed by atoms with van der Waals surface area (Å²) in [6, 6.07) is 0. The van der Waals surface area contributed by atoms with Crippen molar-refractivity contribution in [3.63, 3.8) is 0 Å². The predicted octanol–water partition coefficient (Wildman–Crippen LogP) is -6.07. The van der Waals surface area contributed by atoms with Gasteiger partial charge in [0.25, 0.3) is 0 Å². The minimum absolute atomic E-state index is 0.113. The van der Waals surface area contributed by atoms with E-state index >= 15 is 0 Å². The molecule has 4 aliphatic heterocycles. The van der Waals surface area contributed by atoms with Crippen LogP contribution in [-0.4, -0.2) is 229 Å². The lowest BCUT2D eigenvalue weighted by Crippen LogP contribution is -2.68. The molecule has 4 heterocycles. The average molecular weight is 820 g/mol. The van der Waals surface area contributed by atoms with Crippen LogP contribution >= 0.6 is 0 Å². The molecule has 0 aliphatic carbocycles. The van der Waals surface area contributed by atoms with Crippen LogP contribution < -0.4 is 0 Å². The molecule has 0 saturated carbocycles. The molecule has 0 amide bonds. The normalized spacial score (nSPS) is 44.7. The van der Waals surface area contributed by atoms with Crippen LogP contribution in [0.4, 0.5) is 0 Å². The topological polar surface area (TPSA) is 386 Å². The number of hydrogen-bond acceptors (Lipinski definition) is 22. The van der Waals surface area contributed by atoms with Crippen molar-refractivity contribution in [2.75, 3.05) is 39.6 Å². The summed E-state index contributed by atoms with van der Waals surface area (Å²) in [5.74, 6) is 0. The van der Waals surface area contributed by atoms with E-state index in [-0.39, 0.29) is 6.61 Å². The maximum absolute atomic E-state index is 11.4. The predicted molar refractivity (Wildman–Crippen MR) is 179 cm³/mol. The quantitative estimate of drug-likeness (QED) is 0.0235. The maximum Gasteiger partial charge on any atom is 0.187 e. The van der Waals surface area contributed by atoms with Gasteiger partial charge in [-0.25, -0.2) is 0 Å². The highest BCUT2D eigenvalue weighted by Gasteiger charge is 2.55. The van der Waals surface area contributed by atoms with Gasteiger partial charge in [-0.05, 0) is 18.4 Å². The molecule has 0 unspecified atom stereocenters. The fourth-order valence-electron chi connectivity index (χ4n) is 6.87. The lowest BCUT2D eigenvalue weighted by Gasteiger charge is -2.49. The van der Waals surface area contributed by atoms with E-state index in [9.17, 15) is 66.4 Å². The van der Waals surface area contributed by atoms with Gasteiger partial charge in [0.2, 0.25) is 0 Å². The zero-order valence-electron chi connectivity index (χ0n) is 30.5. The first-order valence-corrected chi connectivity index (χ1v) is 18.6. The fourth-order valence-corrected chi connectivity index (χ4v) is 6.87. The molecule has 0 aromatic heterocycles. The molecule has 4 saturated heterocycles. The Balaban J connectivity index is 1.46. The Labute approximate surface area is 320 Å². The monoisotopic (exact) mass is 819 g/mol. The Hall–Kier alpha value is -1.53. The Morgan fingerprint density at radius 1 is 0.429 bits per heavy atom. The molecular formula is C32H57N3O21. The van der Waals surface area contributed by atoms with Crippen LogP contribution in [0.1, 0.15) is 38.5 Å². The summed E-state index contributed by atoms with van der Waals surface area (Å²) in [6.07, 6.45) is -30.7. The van der Waals surface area contributed by atoms with Crippen LogP contribution in [0.3, 0.4) is 0 Å². The standard InChI is InChI=1S/C32H57N3O21/c33-35-34-7-5-3-1-2-4-6-8-49-29-24(47)26(19(42)15(11-38)50-29)54-31-25(48)27(20(43)16(12-39)52-31)55-32-28(22(45)18(41)14(10-37)53-32)56-30-23(46)21(44)17(40)13(9-36)51-30/h13-32,36-48H,1-12H2/t13-,14-,15-,16-,17-,18-,19-,20-,21+,22+,23+,24+,25+,26+,27+,28+,29+,30-,31-,32-/m1/s1. The molecule has 0 bridgehead atoms. The van der Waals surface area contributed by atoms with Crippen molar-refractivity contribution < 1.29 is 104 Å². The van der Waals surface area contributed by atoms with Crippen molar-refractivity contribution >= 4 is 0 Å². The molecule has 24 nitrogen and oxygen atoms in total. The fraction of sp³-hybridized carbons (Fsp3) is 1.00. The number of rotatable bonds is 20. The Morgan fingerprint density at radius 3 is 1.39 bits per heavy atom. The minimum Gasteiger partial charge on any atom is -0.394 e. The van der Waals surface area contributed by atoms with E-state index in [0.717, 1.165) is 32.1 Å². The van der Waals surface area contributed by atoms with Gasteiger partial charge in [-0.15, -0.1) is 0 Å². The molecule has 4 aliphatic rings. The van der Waals surface area contributed by atoms with E-state index < -0.39 is 149 Å². The molecule has 0 aromatic carbocycles. The number of aliphatic hydroxyl groups is 13. The van der Waals surface area contributed by atoms with E-state index in [1.54, 1.807) is 0 Å². The second-order valence-corrected chi connectivity index (χ2v) is 14.1. The van der Waals surface area contributed by atoms with Crippen molar-refractivity contribution in [3.8, 4) is 0 Å². The summed E-state index contributed by atoms with van der Waals surface area (Å²) in [5, 5.41) is 140. The number of aliphatic hydroxyl groups excluding tert-OH is 13. The molecule has 4 fully saturated rings. The molecule has 0 radical (unpaired) electrons.